The van der Waals surface area contributed by atoms with Crippen LogP contribution >= 0.6 is 11.3 Å². The number of fused-ring (bicyclic) bond motifs is 1. The molecule has 0 aliphatic heterocycles. The van der Waals surface area contributed by atoms with Crippen molar-refractivity contribution in [2.75, 3.05) is 11.9 Å². The summed E-state index contributed by atoms with van der Waals surface area (Å²) in [7, 11) is 0. The zero-order chi connectivity index (χ0) is 15.4. The number of carbonyl (C=O) groups excluding carboxylic acids is 1. The molecule has 1 unspecified atom stereocenters. The van der Waals surface area contributed by atoms with Crippen LogP contribution in [-0.2, 0) is 0 Å². The highest BCUT2D eigenvalue weighted by Crippen LogP contribution is 2.19. The number of amides is 2. The fourth-order valence-electron chi connectivity index (χ4n) is 2.21. The van der Waals surface area contributed by atoms with E-state index in [1.54, 1.807) is 0 Å². The molecule has 5 heteroatoms. The predicted molar refractivity (Wildman–Crippen MR) is 90.2 cm³/mol. The normalized spacial score (nSPS) is 12.0. The van der Waals surface area contributed by atoms with Gasteiger partial charge in [-0.15, -0.1) is 0 Å². The standard InChI is InChI=1S/C17H16N2O2S/c20-16(14-7-8-22-11-14)10-18-17(21)19-15-6-5-12-3-1-2-4-13(12)9-15/h1-9,11,16,20H,10H2,(H2,18,19,21). The van der Waals surface area contributed by atoms with Crippen LogP contribution in [0.1, 0.15) is 11.7 Å². The van der Waals surface area contributed by atoms with E-state index in [2.05, 4.69) is 10.6 Å². The number of urea groups is 1. The molecule has 0 fully saturated rings. The minimum atomic E-state index is -0.686. The van der Waals surface area contributed by atoms with Gasteiger partial charge in [-0.05, 0) is 45.3 Å². The molecule has 0 radical (unpaired) electrons. The van der Waals surface area contributed by atoms with E-state index in [0.29, 0.717) is 0 Å². The lowest BCUT2D eigenvalue weighted by Crippen LogP contribution is -2.32. The van der Waals surface area contributed by atoms with Gasteiger partial charge in [0, 0.05) is 12.2 Å². The molecule has 1 aromatic heterocycles. The third-order valence-corrected chi connectivity index (χ3v) is 4.09. The number of aliphatic hydroxyl groups is 1. The lowest BCUT2D eigenvalue weighted by molar-refractivity contribution is 0.175. The van der Waals surface area contributed by atoms with Crippen LogP contribution in [0.3, 0.4) is 0 Å². The van der Waals surface area contributed by atoms with Crippen molar-refractivity contribution in [2.24, 2.45) is 0 Å². The second kappa shape index (κ2) is 6.60. The molecule has 1 atom stereocenters. The number of aliphatic hydroxyl groups excluding tert-OH is 1. The fraction of sp³-hybridized carbons (Fsp3) is 0.118. The molecule has 3 aromatic rings. The van der Waals surface area contributed by atoms with Gasteiger partial charge in [-0.25, -0.2) is 4.79 Å². The average Bonchev–Trinajstić information content (AvgIpc) is 3.07. The maximum atomic E-state index is 11.9. The summed E-state index contributed by atoms with van der Waals surface area (Å²) >= 11 is 1.52. The molecule has 0 aliphatic carbocycles. The van der Waals surface area contributed by atoms with E-state index in [-0.39, 0.29) is 12.6 Å². The smallest absolute Gasteiger partial charge is 0.319 e. The van der Waals surface area contributed by atoms with E-state index >= 15 is 0 Å². The van der Waals surface area contributed by atoms with Gasteiger partial charge in [0.1, 0.15) is 0 Å². The molecule has 2 aromatic carbocycles. The van der Waals surface area contributed by atoms with Crippen molar-refractivity contribution in [3.05, 3.63) is 64.9 Å². The second-order valence-corrected chi connectivity index (χ2v) is 5.75. The lowest BCUT2D eigenvalue weighted by atomic mass is 10.1. The quantitative estimate of drug-likeness (QED) is 0.687. The number of carbonyl (C=O) groups is 1. The zero-order valence-electron chi connectivity index (χ0n) is 11.8. The van der Waals surface area contributed by atoms with Crippen LogP contribution in [0.2, 0.25) is 0 Å². The highest BCUT2D eigenvalue weighted by atomic mass is 32.1. The molecule has 0 aliphatic rings. The number of thiophene rings is 1. The van der Waals surface area contributed by atoms with Crippen LogP contribution in [0.5, 0.6) is 0 Å². The Morgan fingerprint density at radius 2 is 1.95 bits per heavy atom. The molecule has 22 heavy (non-hydrogen) atoms. The van der Waals surface area contributed by atoms with E-state index < -0.39 is 6.10 Å². The maximum absolute atomic E-state index is 11.9. The largest absolute Gasteiger partial charge is 0.387 e. The van der Waals surface area contributed by atoms with Crippen molar-refractivity contribution in [3.8, 4) is 0 Å². The maximum Gasteiger partial charge on any atom is 0.319 e. The van der Waals surface area contributed by atoms with Crippen molar-refractivity contribution in [1.29, 1.82) is 0 Å². The molecule has 3 rings (SSSR count). The Morgan fingerprint density at radius 1 is 1.14 bits per heavy atom. The first-order valence-corrected chi connectivity index (χ1v) is 7.90. The summed E-state index contributed by atoms with van der Waals surface area (Å²) in [6, 6.07) is 15.2. The molecular weight excluding hydrogens is 296 g/mol. The van der Waals surface area contributed by atoms with E-state index in [4.69, 9.17) is 0 Å². The number of anilines is 1. The third kappa shape index (κ3) is 3.44. The van der Waals surface area contributed by atoms with Gasteiger partial charge in [0.25, 0.3) is 0 Å². The van der Waals surface area contributed by atoms with Crippen molar-refractivity contribution in [2.45, 2.75) is 6.10 Å². The van der Waals surface area contributed by atoms with Crippen LogP contribution in [0.4, 0.5) is 10.5 Å². The summed E-state index contributed by atoms with van der Waals surface area (Å²) in [5, 5.41) is 21.3. The minimum Gasteiger partial charge on any atom is -0.387 e. The van der Waals surface area contributed by atoms with E-state index in [1.807, 2.05) is 59.3 Å². The number of rotatable bonds is 4. The molecule has 0 saturated carbocycles. The molecule has 1 heterocycles. The van der Waals surface area contributed by atoms with Crippen molar-refractivity contribution in [3.63, 3.8) is 0 Å². The number of benzene rings is 2. The second-order valence-electron chi connectivity index (χ2n) is 4.97. The number of hydrogen-bond donors (Lipinski definition) is 3. The van der Waals surface area contributed by atoms with Crippen molar-refractivity contribution in [1.82, 2.24) is 5.32 Å². The summed E-state index contributed by atoms with van der Waals surface area (Å²) in [4.78, 5) is 11.9. The summed E-state index contributed by atoms with van der Waals surface area (Å²) in [5.74, 6) is 0. The van der Waals surface area contributed by atoms with Crippen LogP contribution in [0, 0.1) is 0 Å². The van der Waals surface area contributed by atoms with E-state index in [1.165, 1.54) is 11.3 Å². The van der Waals surface area contributed by atoms with Crippen LogP contribution in [-0.4, -0.2) is 17.7 Å². The molecular formula is C17H16N2O2S. The molecule has 0 spiro atoms. The van der Waals surface area contributed by atoms with Gasteiger partial charge in [0.05, 0.1) is 6.10 Å². The monoisotopic (exact) mass is 312 g/mol. The van der Waals surface area contributed by atoms with Gasteiger partial charge < -0.3 is 15.7 Å². The average molecular weight is 312 g/mol. The summed E-state index contributed by atoms with van der Waals surface area (Å²) in [6.45, 7) is 0.177. The van der Waals surface area contributed by atoms with Gasteiger partial charge in [0.2, 0.25) is 0 Å². The summed E-state index contributed by atoms with van der Waals surface area (Å²) in [5.41, 5.74) is 1.54. The molecule has 3 N–H and O–H groups in total. The van der Waals surface area contributed by atoms with Crippen molar-refractivity contribution >= 4 is 33.8 Å². The Morgan fingerprint density at radius 3 is 2.73 bits per heavy atom. The van der Waals surface area contributed by atoms with Crippen LogP contribution in [0.25, 0.3) is 10.8 Å². The fourth-order valence-corrected chi connectivity index (χ4v) is 2.92. The molecule has 0 saturated heterocycles. The van der Waals surface area contributed by atoms with Gasteiger partial charge >= 0.3 is 6.03 Å². The first kappa shape index (κ1) is 14.6. The van der Waals surface area contributed by atoms with E-state index in [0.717, 1.165) is 22.0 Å². The minimum absolute atomic E-state index is 0.177. The highest BCUT2D eigenvalue weighted by molar-refractivity contribution is 7.07. The summed E-state index contributed by atoms with van der Waals surface area (Å²) in [6.07, 6.45) is -0.686. The highest BCUT2D eigenvalue weighted by Gasteiger charge is 2.09. The third-order valence-electron chi connectivity index (χ3n) is 3.39. The number of hydrogen-bond acceptors (Lipinski definition) is 3. The van der Waals surface area contributed by atoms with Crippen LogP contribution in [0.15, 0.2) is 59.3 Å². The zero-order valence-corrected chi connectivity index (χ0v) is 12.6. The van der Waals surface area contributed by atoms with Gasteiger partial charge in [-0.1, -0.05) is 30.3 Å². The molecule has 4 nitrogen and oxygen atoms in total. The lowest BCUT2D eigenvalue weighted by Gasteiger charge is -2.12. The summed E-state index contributed by atoms with van der Waals surface area (Å²) < 4.78 is 0. The van der Waals surface area contributed by atoms with Gasteiger partial charge in [0.15, 0.2) is 0 Å². The van der Waals surface area contributed by atoms with Crippen LogP contribution < -0.4 is 10.6 Å². The Kier molecular flexibility index (Phi) is 4.37. The Hall–Kier alpha value is -2.37. The first-order valence-electron chi connectivity index (χ1n) is 6.96. The van der Waals surface area contributed by atoms with Gasteiger partial charge in [-0.2, -0.15) is 11.3 Å². The molecule has 112 valence electrons. The molecule has 2 amide bonds. The Bertz CT molecular complexity index is 771. The Labute approximate surface area is 132 Å². The predicted octanol–water partition coefficient (Wildman–Crippen LogP) is 3.76. The first-order chi connectivity index (χ1) is 10.7. The topological polar surface area (TPSA) is 61.4 Å². The number of nitrogens with one attached hydrogen (secondary N) is 2. The SMILES string of the molecule is O=C(NCC(O)c1ccsc1)Nc1ccc2ccccc2c1. The molecule has 0 bridgehead atoms. The van der Waals surface area contributed by atoms with Gasteiger partial charge in [-0.3, -0.25) is 0 Å². The van der Waals surface area contributed by atoms with Crippen molar-refractivity contribution < 1.29 is 9.90 Å². The van der Waals surface area contributed by atoms with E-state index in [9.17, 15) is 9.90 Å². The Balaban J connectivity index is 1.58.